The summed E-state index contributed by atoms with van der Waals surface area (Å²) in [4.78, 5) is 6.80. The standard InChI is InChI=1S/C17H16N2O2S3.BrH/c1-10-13(8-15(24-10)16(22)21-3)14-9-23-17(19-14)18-11-5-4-6-12(7-11)20-2;/h4-9H,1-3H3,(H,18,19);1H. The smallest absolute Gasteiger partial charge is 0.201 e. The molecule has 0 unspecified atom stereocenters. The summed E-state index contributed by atoms with van der Waals surface area (Å²) in [5, 5.41) is 6.69. The van der Waals surface area contributed by atoms with Crippen LogP contribution in [-0.4, -0.2) is 24.3 Å². The maximum Gasteiger partial charge on any atom is 0.201 e. The molecule has 0 radical (unpaired) electrons. The molecule has 1 aromatic carbocycles. The van der Waals surface area contributed by atoms with Crippen LogP contribution in [0.4, 0.5) is 10.8 Å². The molecule has 0 spiro atoms. The Labute approximate surface area is 170 Å². The number of nitrogens with zero attached hydrogens (tertiary/aromatic N) is 1. The highest BCUT2D eigenvalue weighted by Crippen LogP contribution is 2.34. The summed E-state index contributed by atoms with van der Waals surface area (Å²) in [6, 6.07) is 9.81. The van der Waals surface area contributed by atoms with E-state index in [1.54, 1.807) is 36.9 Å². The maximum atomic E-state index is 5.24. The van der Waals surface area contributed by atoms with Crippen LogP contribution in [-0.2, 0) is 4.74 Å². The minimum Gasteiger partial charge on any atom is -0.497 e. The van der Waals surface area contributed by atoms with Crippen LogP contribution < -0.4 is 10.1 Å². The van der Waals surface area contributed by atoms with Gasteiger partial charge in [0.15, 0.2) is 5.13 Å². The first-order valence-corrected chi connectivity index (χ1v) is 9.27. The minimum atomic E-state index is 0. The van der Waals surface area contributed by atoms with Crippen LogP contribution in [0.25, 0.3) is 11.3 Å². The second-order valence-electron chi connectivity index (χ2n) is 4.97. The lowest BCUT2D eigenvalue weighted by Crippen LogP contribution is -1.95. The van der Waals surface area contributed by atoms with Crippen LogP contribution >= 0.6 is 51.9 Å². The molecule has 4 nitrogen and oxygen atoms in total. The van der Waals surface area contributed by atoms with Crippen molar-refractivity contribution in [3.05, 3.63) is 45.5 Å². The van der Waals surface area contributed by atoms with E-state index in [1.807, 2.05) is 35.7 Å². The van der Waals surface area contributed by atoms with Gasteiger partial charge in [0.25, 0.3) is 0 Å². The molecule has 132 valence electrons. The van der Waals surface area contributed by atoms with E-state index in [4.69, 9.17) is 21.7 Å². The molecular weight excluding hydrogens is 440 g/mol. The summed E-state index contributed by atoms with van der Waals surface area (Å²) in [6.45, 7) is 2.07. The average molecular weight is 457 g/mol. The van der Waals surface area contributed by atoms with Crippen molar-refractivity contribution in [3.63, 3.8) is 0 Å². The van der Waals surface area contributed by atoms with Crippen LogP contribution in [0.2, 0.25) is 0 Å². The van der Waals surface area contributed by atoms with Crippen LogP contribution in [0, 0.1) is 6.92 Å². The average Bonchev–Trinajstić information content (AvgIpc) is 3.20. The summed E-state index contributed by atoms with van der Waals surface area (Å²) in [5.74, 6) is 0.808. The lowest BCUT2D eigenvalue weighted by Gasteiger charge is -2.04. The molecule has 8 heteroatoms. The summed E-state index contributed by atoms with van der Waals surface area (Å²) in [6.07, 6.45) is 0. The first kappa shape index (κ1) is 19.8. The second-order valence-corrected chi connectivity index (χ2v) is 7.45. The van der Waals surface area contributed by atoms with Gasteiger partial charge in [0.2, 0.25) is 5.05 Å². The number of thiophene rings is 1. The number of anilines is 2. The van der Waals surface area contributed by atoms with E-state index in [9.17, 15) is 0 Å². The number of methoxy groups -OCH3 is 2. The van der Waals surface area contributed by atoms with Gasteiger partial charge in [-0.05, 0) is 37.3 Å². The number of hydrogen-bond donors (Lipinski definition) is 1. The lowest BCUT2D eigenvalue weighted by atomic mass is 10.2. The van der Waals surface area contributed by atoms with Crippen LogP contribution in [0.15, 0.2) is 35.7 Å². The van der Waals surface area contributed by atoms with Crippen LogP contribution in [0.1, 0.15) is 9.75 Å². The number of aryl methyl sites for hydroxylation is 1. The largest absolute Gasteiger partial charge is 0.497 e. The van der Waals surface area contributed by atoms with E-state index in [1.165, 1.54) is 4.88 Å². The van der Waals surface area contributed by atoms with Gasteiger partial charge >= 0.3 is 0 Å². The molecule has 0 atom stereocenters. The van der Waals surface area contributed by atoms with Gasteiger partial charge in [0, 0.05) is 27.6 Å². The van der Waals surface area contributed by atoms with Gasteiger partial charge < -0.3 is 14.8 Å². The van der Waals surface area contributed by atoms with E-state index in [2.05, 4.69) is 17.2 Å². The second kappa shape index (κ2) is 8.75. The van der Waals surface area contributed by atoms with Crippen molar-refractivity contribution in [2.75, 3.05) is 19.5 Å². The molecule has 25 heavy (non-hydrogen) atoms. The molecule has 3 aromatic rings. The van der Waals surface area contributed by atoms with E-state index < -0.39 is 0 Å². The van der Waals surface area contributed by atoms with Gasteiger partial charge in [-0.15, -0.1) is 39.7 Å². The lowest BCUT2D eigenvalue weighted by molar-refractivity contribution is 0.415. The molecule has 0 aliphatic heterocycles. The normalized spacial score (nSPS) is 10.0. The number of rotatable bonds is 5. The molecule has 3 rings (SSSR count). The van der Waals surface area contributed by atoms with Gasteiger partial charge in [0.05, 0.1) is 24.8 Å². The minimum absolute atomic E-state index is 0. The Hall–Kier alpha value is -1.48. The molecule has 1 N–H and O–H groups in total. The van der Waals surface area contributed by atoms with Gasteiger partial charge in [-0.1, -0.05) is 6.07 Å². The molecule has 2 heterocycles. The summed E-state index contributed by atoms with van der Waals surface area (Å²) >= 11 is 8.39. The van der Waals surface area contributed by atoms with Crippen molar-refractivity contribution >= 4 is 67.7 Å². The third-order valence-electron chi connectivity index (χ3n) is 3.41. The fourth-order valence-electron chi connectivity index (χ4n) is 2.22. The highest BCUT2D eigenvalue weighted by molar-refractivity contribution is 8.93. The number of benzene rings is 1. The Bertz CT molecular complexity index is 876. The van der Waals surface area contributed by atoms with Crippen molar-refractivity contribution < 1.29 is 9.47 Å². The van der Waals surface area contributed by atoms with E-state index in [0.29, 0.717) is 5.05 Å². The quantitative estimate of drug-likeness (QED) is 0.488. The SMILES string of the molecule is Br.COC(=S)c1cc(-c2csc(Nc3cccc(OC)c3)n2)c(C)s1. The van der Waals surface area contributed by atoms with E-state index in [-0.39, 0.29) is 17.0 Å². The number of hydrogen-bond acceptors (Lipinski definition) is 7. The Morgan fingerprint density at radius 2 is 2.04 bits per heavy atom. The molecular formula is C17H17BrN2O2S3. The number of thiocarbonyl (C=S) groups is 1. The number of halogens is 1. The summed E-state index contributed by atoms with van der Waals surface area (Å²) in [7, 11) is 3.25. The third kappa shape index (κ3) is 4.58. The number of nitrogens with one attached hydrogen (secondary N) is 1. The van der Waals surface area contributed by atoms with Crippen molar-refractivity contribution in [2.24, 2.45) is 0 Å². The van der Waals surface area contributed by atoms with Crippen molar-refractivity contribution in [3.8, 4) is 17.0 Å². The molecule has 0 saturated heterocycles. The highest BCUT2D eigenvalue weighted by Gasteiger charge is 2.14. The van der Waals surface area contributed by atoms with Crippen molar-refractivity contribution in [1.29, 1.82) is 0 Å². The van der Waals surface area contributed by atoms with Crippen LogP contribution in [0.5, 0.6) is 5.75 Å². The van der Waals surface area contributed by atoms with Crippen LogP contribution in [0.3, 0.4) is 0 Å². The molecule has 0 fully saturated rings. The summed E-state index contributed by atoms with van der Waals surface area (Å²) in [5.41, 5.74) is 2.96. The Morgan fingerprint density at radius 1 is 1.24 bits per heavy atom. The van der Waals surface area contributed by atoms with E-state index in [0.717, 1.165) is 32.7 Å². The van der Waals surface area contributed by atoms with Gasteiger partial charge in [-0.3, -0.25) is 0 Å². The monoisotopic (exact) mass is 456 g/mol. The maximum absolute atomic E-state index is 5.24. The topological polar surface area (TPSA) is 43.4 Å². The van der Waals surface area contributed by atoms with Crippen molar-refractivity contribution in [1.82, 2.24) is 4.98 Å². The predicted molar refractivity (Wildman–Crippen MR) is 115 cm³/mol. The summed E-state index contributed by atoms with van der Waals surface area (Å²) < 4.78 is 10.4. The molecule has 0 bridgehead atoms. The zero-order valence-electron chi connectivity index (χ0n) is 13.9. The first-order chi connectivity index (χ1) is 11.6. The Kier molecular flexibility index (Phi) is 6.95. The highest BCUT2D eigenvalue weighted by atomic mass is 79.9. The molecule has 2 aromatic heterocycles. The van der Waals surface area contributed by atoms with E-state index >= 15 is 0 Å². The zero-order chi connectivity index (χ0) is 17.1. The molecule has 0 aliphatic rings. The molecule has 0 saturated carbocycles. The van der Waals surface area contributed by atoms with Gasteiger partial charge in [0.1, 0.15) is 5.75 Å². The molecule has 0 amide bonds. The number of aromatic nitrogens is 1. The third-order valence-corrected chi connectivity index (χ3v) is 5.73. The van der Waals surface area contributed by atoms with Crippen molar-refractivity contribution in [2.45, 2.75) is 6.92 Å². The van der Waals surface area contributed by atoms with Gasteiger partial charge in [-0.2, -0.15) is 0 Å². The first-order valence-electron chi connectivity index (χ1n) is 7.16. The fourth-order valence-corrected chi connectivity index (χ4v) is 4.08. The Morgan fingerprint density at radius 3 is 2.76 bits per heavy atom. The fraction of sp³-hybridized carbons (Fsp3) is 0.176. The number of thiazole rings is 1. The molecule has 0 aliphatic carbocycles. The zero-order valence-corrected chi connectivity index (χ0v) is 18.0. The van der Waals surface area contributed by atoms with Gasteiger partial charge in [-0.25, -0.2) is 4.98 Å². The Balaban J connectivity index is 0.00000225. The predicted octanol–water partition coefficient (Wildman–Crippen LogP) is 5.83. The number of ether oxygens (including phenoxy) is 2.